The van der Waals surface area contributed by atoms with Crippen LogP contribution in [0.5, 0.6) is 5.75 Å². The van der Waals surface area contributed by atoms with Crippen molar-refractivity contribution in [3.63, 3.8) is 0 Å². The van der Waals surface area contributed by atoms with Gasteiger partial charge < -0.3 is 9.47 Å². The second-order valence-corrected chi connectivity index (χ2v) is 4.07. The van der Waals surface area contributed by atoms with E-state index in [-0.39, 0.29) is 12.4 Å². The van der Waals surface area contributed by atoms with E-state index in [9.17, 15) is 4.79 Å². The van der Waals surface area contributed by atoms with E-state index < -0.39 is 0 Å². The van der Waals surface area contributed by atoms with Crippen molar-refractivity contribution >= 4 is 5.97 Å². The summed E-state index contributed by atoms with van der Waals surface area (Å²) in [6.45, 7) is 4.82. The first kappa shape index (κ1) is 12.6. The minimum absolute atomic E-state index is 0.249. The van der Waals surface area contributed by atoms with Crippen molar-refractivity contribution in [2.45, 2.75) is 20.3 Å². The molecule has 0 saturated carbocycles. The third-order valence-electron chi connectivity index (χ3n) is 2.11. The molecular weight excluding hydrogens is 204 g/mol. The van der Waals surface area contributed by atoms with Gasteiger partial charge in [0.15, 0.2) is 0 Å². The highest BCUT2D eigenvalue weighted by Crippen LogP contribution is 2.19. The summed E-state index contributed by atoms with van der Waals surface area (Å²) < 4.78 is 10.3. The van der Waals surface area contributed by atoms with Crippen LogP contribution in [-0.2, 0) is 16.0 Å². The fourth-order valence-electron chi connectivity index (χ4n) is 1.27. The summed E-state index contributed by atoms with van der Waals surface area (Å²) in [5.74, 6) is 0.980. The molecular formula is C13H18O3. The smallest absolute Gasteiger partial charge is 0.310 e. The van der Waals surface area contributed by atoms with Crippen molar-refractivity contribution in [3.05, 3.63) is 29.8 Å². The molecule has 1 aromatic carbocycles. The Kier molecular flexibility index (Phi) is 4.83. The lowest BCUT2D eigenvalue weighted by atomic mass is 10.1. The van der Waals surface area contributed by atoms with Crippen LogP contribution in [0.4, 0.5) is 0 Å². The van der Waals surface area contributed by atoms with Gasteiger partial charge >= 0.3 is 5.97 Å². The van der Waals surface area contributed by atoms with E-state index in [2.05, 4.69) is 18.6 Å². The molecule has 0 aliphatic heterocycles. The Hall–Kier alpha value is -1.51. The summed E-state index contributed by atoms with van der Waals surface area (Å²) >= 11 is 0. The quantitative estimate of drug-likeness (QED) is 0.718. The van der Waals surface area contributed by atoms with E-state index in [1.807, 2.05) is 24.3 Å². The molecule has 0 radical (unpaired) electrons. The van der Waals surface area contributed by atoms with Gasteiger partial charge in [0.25, 0.3) is 0 Å². The molecule has 0 spiro atoms. The van der Waals surface area contributed by atoms with Crippen LogP contribution < -0.4 is 4.74 Å². The van der Waals surface area contributed by atoms with E-state index in [1.165, 1.54) is 7.11 Å². The largest absolute Gasteiger partial charge is 0.493 e. The number of hydrogen-bond acceptors (Lipinski definition) is 3. The van der Waals surface area contributed by atoms with Gasteiger partial charge in [0.05, 0.1) is 20.1 Å². The van der Waals surface area contributed by atoms with Crippen molar-refractivity contribution in [3.8, 4) is 5.75 Å². The fourth-order valence-corrected chi connectivity index (χ4v) is 1.27. The molecule has 0 aliphatic rings. The molecule has 0 aliphatic carbocycles. The summed E-state index contributed by atoms with van der Waals surface area (Å²) in [5, 5.41) is 0. The van der Waals surface area contributed by atoms with Crippen LogP contribution in [0.1, 0.15) is 19.4 Å². The summed E-state index contributed by atoms with van der Waals surface area (Å²) in [4.78, 5) is 11.2. The second kappa shape index (κ2) is 6.16. The van der Waals surface area contributed by atoms with Crippen LogP contribution in [0.15, 0.2) is 24.3 Å². The molecule has 0 bridgehead atoms. The molecule has 0 heterocycles. The van der Waals surface area contributed by atoms with Crippen LogP contribution in [0.25, 0.3) is 0 Å². The highest BCUT2D eigenvalue weighted by molar-refractivity contribution is 5.73. The molecule has 0 aromatic heterocycles. The molecule has 0 unspecified atom stereocenters. The molecule has 3 heteroatoms. The lowest BCUT2D eigenvalue weighted by molar-refractivity contribution is -0.139. The highest BCUT2D eigenvalue weighted by atomic mass is 16.5. The zero-order valence-electron chi connectivity index (χ0n) is 10.0. The maximum absolute atomic E-state index is 11.2. The van der Waals surface area contributed by atoms with E-state index in [0.29, 0.717) is 12.5 Å². The van der Waals surface area contributed by atoms with E-state index in [0.717, 1.165) is 11.3 Å². The van der Waals surface area contributed by atoms with Gasteiger partial charge in [0.2, 0.25) is 0 Å². The Bertz CT molecular complexity index is 345. The van der Waals surface area contributed by atoms with Gasteiger partial charge in [-0.3, -0.25) is 4.79 Å². The van der Waals surface area contributed by atoms with E-state index in [4.69, 9.17) is 4.74 Å². The topological polar surface area (TPSA) is 35.5 Å². The Morgan fingerprint density at radius 3 is 2.62 bits per heavy atom. The Balaban J connectivity index is 2.71. The average molecular weight is 222 g/mol. The van der Waals surface area contributed by atoms with Gasteiger partial charge in [0, 0.05) is 5.56 Å². The lowest BCUT2D eigenvalue weighted by Crippen LogP contribution is -2.09. The van der Waals surface area contributed by atoms with Crippen molar-refractivity contribution in [1.82, 2.24) is 0 Å². The first-order valence-electron chi connectivity index (χ1n) is 5.41. The maximum atomic E-state index is 11.2. The summed E-state index contributed by atoms with van der Waals surface area (Å²) in [5.41, 5.74) is 0.870. The van der Waals surface area contributed by atoms with Gasteiger partial charge in [-0.15, -0.1) is 0 Å². The number of ether oxygens (including phenoxy) is 2. The summed E-state index contributed by atoms with van der Waals surface area (Å²) in [6, 6.07) is 7.55. The van der Waals surface area contributed by atoms with Gasteiger partial charge in [-0.25, -0.2) is 0 Å². The number of methoxy groups -OCH3 is 1. The lowest BCUT2D eigenvalue weighted by Gasteiger charge is -2.12. The SMILES string of the molecule is COC(=O)Cc1ccccc1OCC(C)C. The van der Waals surface area contributed by atoms with Crippen LogP contribution in [-0.4, -0.2) is 19.7 Å². The number of esters is 1. The first-order chi connectivity index (χ1) is 7.63. The minimum Gasteiger partial charge on any atom is -0.493 e. The number of rotatable bonds is 5. The van der Waals surface area contributed by atoms with Gasteiger partial charge in [-0.2, -0.15) is 0 Å². The number of benzene rings is 1. The van der Waals surface area contributed by atoms with E-state index >= 15 is 0 Å². The number of carbonyl (C=O) groups excluding carboxylic acids is 1. The van der Waals surface area contributed by atoms with Crippen LogP contribution in [0.3, 0.4) is 0 Å². The molecule has 0 atom stereocenters. The standard InChI is InChI=1S/C13H18O3/c1-10(2)9-16-12-7-5-4-6-11(12)8-13(14)15-3/h4-7,10H,8-9H2,1-3H3. The van der Waals surface area contributed by atoms with Crippen LogP contribution in [0, 0.1) is 5.92 Å². The van der Waals surface area contributed by atoms with Gasteiger partial charge in [-0.1, -0.05) is 32.0 Å². The number of carbonyl (C=O) groups is 1. The average Bonchev–Trinajstić information content (AvgIpc) is 2.27. The number of hydrogen-bond donors (Lipinski definition) is 0. The van der Waals surface area contributed by atoms with Crippen LogP contribution in [0.2, 0.25) is 0 Å². The molecule has 0 fully saturated rings. The maximum Gasteiger partial charge on any atom is 0.310 e. The van der Waals surface area contributed by atoms with Crippen molar-refractivity contribution < 1.29 is 14.3 Å². The second-order valence-electron chi connectivity index (χ2n) is 4.07. The summed E-state index contributed by atoms with van der Waals surface area (Å²) in [6.07, 6.45) is 0.255. The molecule has 0 N–H and O–H groups in total. The normalized spacial score (nSPS) is 10.2. The molecule has 1 rings (SSSR count). The fraction of sp³-hybridized carbons (Fsp3) is 0.462. The van der Waals surface area contributed by atoms with E-state index in [1.54, 1.807) is 0 Å². The molecule has 0 amide bonds. The zero-order valence-corrected chi connectivity index (χ0v) is 10.0. The van der Waals surface area contributed by atoms with Crippen LogP contribution >= 0.6 is 0 Å². The monoisotopic (exact) mass is 222 g/mol. The molecule has 88 valence electrons. The van der Waals surface area contributed by atoms with Crippen molar-refractivity contribution in [1.29, 1.82) is 0 Å². The highest BCUT2D eigenvalue weighted by Gasteiger charge is 2.08. The van der Waals surface area contributed by atoms with Gasteiger partial charge in [0.1, 0.15) is 5.75 Å². The zero-order chi connectivity index (χ0) is 12.0. The Labute approximate surface area is 96.4 Å². The third-order valence-corrected chi connectivity index (χ3v) is 2.11. The third kappa shape index (κ3) is 3.93. The van der Waals surface area contributed by atoms with Crippen molar-refractivity contribution in [2.24, 2.45) is 5.92 Å². The Morgan fingerprint density at radius 1 is 1.31 bits per heavy atom. The predicted octanol–water partition coefficient (Wildman–Crippen LogP) is 2.44. The van der Waals surface area contributed by atoms with Gasteiger partial charge in [-0.05, 0) is 12.0 Å². The molecule has 3 nitrogen and oxygen atoms in total. The molecule has 0 saturated heterocycles. The minimum atomic E-state index is -0.249. The number of para-hydroxylation sites is 1. The first-order valence-corrected chi connectivity index (χ1v) is 5.41. The van der Waals surface area contributed by atoms with Crippen molar-refractivity contribution in [2.75, 3.05) is 13.7 Å². The molecule has 1 aromatic rings. The summed E-state index contributed by atoms with van der Waals surface area (Å²) in [7, 11) is 1.39. The molecule has 16 heavy (non-hydrogen) atoms. The Morgan fingerprint density at radius 2 is 2.00 bits per heavy atom. The predicted molar refractivity (Wildman–Crippen MR) is 62.5 cm³/mol.